The first kappa shape index (κ1) is 13.7. The van der Waals surface area contributed by atoms with E-state index in [2.05, 4.69) is 17.9 Å². The molecule has 3 rings (SSSR count). The first-order valence-electron chi connectivity index (χ1n) is 6.61. The van der Waals surface area contributed by atoms with Crippen LogP contribution in [0.3, 0.4) is 0 Å². The Kier molecular flexibility index (Phi) is 3.62. The number of rotatable bonds is 2. The summed E-state index contributed by atoms with van der Waals surface area (Å²) in [6.07, 6.45) is 1.32. The summed E-state index contributed by atoms with van der Waals surface area (Å²) in [4.78, 5) is 12.2. The zero-order valence-electron chi connectivity index (χ0n) is 11.2. The summed E-state index contributed by atoms with van der Waals surface area (Å²) in [6.45, 7) is 1.56. The summed E-state index contributed by atoms with van der Waals surface area (Å²) >= 11 is 4.29. The number of esters is 1. The largest absolute Gasteiger partial charge is 0.451 e. The summed E-state index contributed by atoms with van der Waals surface area (Å²) in [7, 11) is 1.57. The van der Waals surface area contributed by atoms with Gasteiger partial charge >= 0.3 is 5.97 Å². The molecule has 20 heavy (non-hydrogen) atoms. The molecule has 2 aliphatic rings. The molecule has 0 amide bonds. The maximum absolute atomic E-state index is 12.2. The third-order valence-electron chi connectivity index (χ3n) is 3.67. The van der Waals surface area contributed by atoms with E-state index in [1.165, 1.54) is 0 Å². The molecule has 2 aliphatic heterocycles. The van der Waals surface area contributed by atoms with Crippen LogP contribution in [0.15, 0.2) is 18.2 Å². The van der Waals surface area contributed by atoms with Gasteiger partial charge in [-0.05, 0) is 17.7 Å². The molecule has 1 unspecified atom stereocenters. The van der Waals surface area contributed by atoms with Crippen LogP contribution in [0.25, 0.3) is 0 Å². The molecule has 1 saturated heterocycles. The van der Waals surface area contributed by atoms with Gasteiger partial charge in [0.05, 0.1) is 0 Å². The molecule has 1 atom stereocenters. The van der Waals surface area contributed by atoms with E-state index in [1.54, 1.807) is 19.2 Å². The number of benzene rings is 1. The highest BCUT2D eigenvalue weighted by Crippen LogP contribution is 2.37. The molecule has 0 bridgehead atoms. The van der Waals surface area contributed by atoms with E-state index >= 15 is 0 Å². The van der Waals surface area contributed by atoms with Crippen LogP contribution in [0.1, 0.15) is 34.2 Å². The number of nitrogens with one attached hydrogen (secondary N) is 1. The maximum Gasteiger partial charge on any atom is 0.345 e. The molecule has 5 nitrogen and oxygen atoms in total. The Hall–Kier alpha value is -1.24. The average molecular weight is 295 g/mol. The fraction of sp³-hybridized carbons (Fsp3) is 0.500. The van der Waals surface area contributed by atoms with E-state index in [-0.39, 0.29) is 11.4 Å². The Morgan fingerprint density at radius 1 is 1.35 bits per heavy atom. The van der Waals surface area contributed by atoms with Gasteiger partial charge in [-0.15, -0.1) is 12.6 Å². The van der Waals surface area contributed by atoms with Gasteiger partial charge < -0.3 is 19.5 Å². The number of carbonyl (C=O) groups excluding carboxylic acids is 1. The minimum Gasteiger partial charge on any atom is -0.451 e. The van der Waals surface area contributed by atoms with Crippen molar-refractivity contribution in [3.8, 4) is 5.75 Å². The highest BCUT2D eigenvalue weighted by molar-refractivity contribution is 7.80. The van der Waals surface area contributed by atoms with Gasteiger partial charge in [-0.2, -0.15) is 0 Å². The van der Waals surface area contributed by atoms with Crippen LogP contribution >= 0.6 is 12.6 Å². The van der Waals surface area contributed by atoms with E-state index in [4.69, 9.17) is 14.2 Å². The summed E-state index contributed by atoms with van der Waals surface area (Å²) in [5, 5.41) is 3.23. The van der Waals surface area contributed by atoms with Gasteiger partial charge in [-0.3, -0.25) is 0 Å². The Morgan fingerprint density at radius 3 is 2.80 bits per heavy atom. The number of methoxy groups -OCH3 is 1. The van der Waals surface area contributed by atoms with E-state index < -0.39 is 5.79 Å². The van der Waals surface area contributed by atoms with Crippen molar-refractivity contribution in [3.63, 3.8) is 0 Å². The van der Waals surface area contributed by atoms with Crippen LogP contribution in [-0.4, -0.2) is 32.0 Å². The second kappa shape index (κ2) is 5.27. The van der Waals surface area contributed by atoms with Crippen molar-refractivity contribution in [1.29, 1.82) is 0 Å². The van der Waals surface area contributed by atoms with Crippen molar-refractivity contribution in [2.75, 3.05) is 20.2 Å². The molecule has 0 radical (unpaired) electrons. The Morgan fingerprint density at radius 2 is 2.10 bits per heavy atom. The maximum atomic E-state index is 12.2. The topological polar surface area (TPSA) is 56.8 Å². The third-order valence-corrected chi connectivity index (χ3v) is 4.18. The van der Waals surface area contributed by atoms with Crippen molar-refractivity contribution >= 4 is 18.6 Å². The minimum absolute atomic E-state index is 0.341. The van der Waals surface area contributed by atoms with Crippen molar-refractivity contribution in [2.45, 2.75) is 24.1 Å². The monoisotopic (exact) mass is 295 g/mol. The number of piperidine rings is 1. The number of carbonyl (C=O) groups is 1. The Labute approximate surface area is 123 Å². The molecule has 1 N–H and O–H groups in total. The summed E-state index contributed by atoms with van der Waals surface area (Å²) < 4.78 is 16.6. The molecule has 0 aromatic heterocycles. The lowest BCUT2D eigenvalue weighted by Gasteiger charge is -2.40. The average Bonchev–Trinajstić information content (AvgIpc) is 2.47. The Bertz CT molecular complexity index is 528. The molecular formula is C14H17NO4S. The molecule has 1 aromatic rings. The van der Waals surface area contributed by atoms with Gasteiger partial charge in [-0.1, -0.05) is 6.07 Å². The molecule has 1 aromatic carbocycles. The normalized spacial score (nSPS) is 21.8. The number of ether oxygens (including phenoxy) is 3. The van der Waals surface area contributed by atoms with Gasteiger partial charge in [0.2, 0.25) is 0 Å². The van der Waals surface area contributed by atoms with E-state index in [0.29, 0.717) is 24.2 Å². The smallest absolute Gasteiger partial charge is 0.345 e. The van der Waals surface area contributed by atoms with Crippen LogP contribution in [0, 0.1) is 0 Å². The number of hydrogen-bond donors (Lipinski definition) is 2. The van der Waals surface area contributed by atoms with Crippen molar-refractivity contribution in [3.05, 3.63) is 29.3 Å². The number of fused-ring (bicyclic) bond motifs is 1. The standard InChI is InChI=1S/C14H17NO4S/c1-17-13(20)9-2-3-11-10(8-9)12(16)19-14(18-11)4-6-15-7-5-14/h2-3,8,13,15,20H,4-7H2,1H3. The number of hydrogen-bond acceptors (Lipinski definition) is 6. The molecule has 2 heterocycles. The molecule has 1 fully saturated rings. The predicted octanol–water partition coefficient (Wildman–Crippen LogP) is 1.89. The molecule has 0 aliphatic carbocycles. The Balaban J connectivity index is 1.91. The van der Waals surface area contributed by atoms with Gasteiger partial charge in [0.25, 0.3) is 5.79 Å². The molecular weight excluding hydrogens is 278 g/mol. The van der Waals surface area contributed by atoms with E-state index in [9.17, 15) is 4.79 Å². The first-order chi connectivity index (χ1) is 9.63. The molecule has 6 heteroatoms. The zero-order valence-corrected chi connectivity index (χ0v) is 12.1. The van der Waals surface area contributed by atoms with Crippen molar-refractivity contribution < 1.29 is 19.0 Å². The predicted molar refractivity (Wildman–Crippen MR) is 76.1 cm³/mol. The minimum atomic E-state index is -0.807. The van der Waals surface area contributed by atoms with Crippen molar-refractivity contribution in [1.82, 2.24) is 5.32 Å². The molecule has 0 saturated carbocycles. The molecule has 1 spiro atoms. The zero-order chi connectivity index (χ0) is 14.2. The highest BCUT2D eigenvalue weighted by Gasteiger charge is 2.43. The van der Waals surface area contributed by atoms with Gasteiger partial charge in [0.15, 0.2) is 0 Å². The van der Waals surface area contributed by atoms with Crippen LogP contribution in [0.2, 0.25) is 0 Å². The van der Waals surface area contributed by atoms with Gasteiger partial charge in [0, 0.05) is 33.0 Å². The van der Waals surface area contributed by atoms with Crippen LogP contribution < -0.4 is 10.1 Å². The van der Waals surface area contributed by atoms with E-state index in [1.807, 2.05) is 6.07 Å². The van der Waals surface area contributed by atoms with Gasteiger partial charge in [0.1, 0.15) is 16.7 Å². The lowest BCUT2D eigenvalue weighted by Crippen LogP contribution is -2.51. The summed E-state index contributed by atoms with van der Waals surface area (Å²) in [6, 6.07) is 5.36. The van der Waals surface area contributed by atoms with Crippen LogP contribution in [0.5, 0.6) is 5.75 Å². The first-order valence-corrected chi connectivity index (χ1v) is 7.13. The summed E-state index contributed by atoms with van der Waals surface area (Å²) in [5.41, 5.74) is 0.863. The fourth-order valence-electron chi connectivity index (χ4n) is 2.54. The third kappa shape index (κ3) is 2.39. The van der Waals surface area contributed by atoms with E-state index in [0.717, 1.165) is 18.7 Å². The summed E-state index contributed by atoms with van der Waals surface area (Å²) in [5.74, 6) is -0.575. The SMILES string of the molecule is COC(S)c1ccc2c(c1)C(=O)OC1(CCNCC1)O2. The van der Waals surface area contributed by atoms with Crippen LogP contribution in [-0.2, 0) is 9.47 Å². The second-order valence-corrected chi connectivity index (χ2v) is 5.46. The molecule has 108 valence electrons. The van der Waals surface area contributed by atoms with Crippen LogP contribution in [0.4, 0.5) is 0 Å². The van der Waals surface area contributed by atoms with Gasteiger partial charge in [-0.25, -0.2) is 4.79 Å². The fourth-order valence-corrected chi connectivity index (χ4v) is 2.70. The second-order valence-electron chi connectivity index (χ2n) is 5.00. The van der Waals surface area contributed by atoms with Crippen molar-refractivity contribution in [2.24, 2.45) is 0 Å². The highest BCUT2D eigenvalue weighted by atomic mass is 32.1. The lowest BCUT2D eigenvalue weighted by molar-refractivity contribution is -0.168. The lowest BCUT2D eigenvalue weighted by atomic mass is 10.0. The quantitative estimate of drug-likeness (QED) is 0.496. The number of thiol groups is 1.